The molecule has 0 amide bonds. The molecule has 0 spiro atoms. The Labute approximate surface area is 162 Å². The number of hydrogen-bond donors (Lipinski definition) is 0. The van der Waals surface area contributed by atoms with Crippen molar-refractivity contribution in [3.63, 3.8) is 0 Å². The van der Waals surface area contributed by atoms with Crippen LogP contribution in [0.25, 0.3) is 27.5 Å². The van der Waals surface area contributed by atoms with Gasteiger partial charge in [0.05, 0.1) is 12.8 Å². The van der Waals surface area contributed by atoms with Crippen LogP contribution in [0.1, 0.15) is 27.2 Å². The second-order valence-corrected chi connectivity index (χ2v) is 7.54. The van der Waals surface area contributed by atoms with E-state index < -0.39 is 0 Å². The number of methoxy groups -OCH3 is 1. The summed E-state index contributed by atoms with van der Waals surface area (Å²) in [5.41, 5.74) is 7.68. The molecule has 0 unspecified atom stereocenters. The molecule has 2 heterocycles. The largest absolute Gasteiger partial charge is 0.496 e. The van der Waals surface area contributed by atoms with Gasteiger partial charge in [0.25, 0.3) is 0 Å². The number of aryl methyl sites for hydroxylation is 3. The fraction of sp³-hybridized carbons (Fsp3) is 0.182. The van der Waals surface area contributed by atoms with Crippen molar-refractivity contribution in [2.24, 2.45) is 0 Å². The Morgan fingerprint density at radius 3 is 2.56 bits per heavy atom. The summed E-state index contributed by atoms with van der Waals surface area (Å²) in [4.78, 5) is 17.6. The van der Waals surface area contributed by atoms with Gasteiger partial charge in [0.1, 0.15) is 17.1 Å². The van der Waals surface area contributed by atoms with Crippen molar-refractivity contribution in [2.75, 3.05) is 7.11 Å². The third-order valence-corrected chi connectivity index (χ3v) is 5.66. The number of carbonyl (C=O) groups excluding carboxylic acids is 1. The molecule has 0 N–H and O–H groups in total. The highest BCUT2D eigenvalue weighted by atomic mass is 32.1. The topological polar surface area (TPSA) is 43.6 Å². The molecule has 4 rings (SSSR count). The first kappa shape index (κ1) is 17.5. The van der Waals surface area contributed by atoms with Crippen LogP contribution in [0.4, 0.5) is 0 Å². The molecular formula is C22H20N2O2S. The van der Waals surface area contributed by atoms with Gasteiger partial charge in [0.2, 0.25) is 0 Å². The highest BCUT2D eigenvalue weighted by Crippen LogP contribution is 2.34. The molecule has 0 saturated carbocycles. The molecule has 0 aliphatic heterocycles. The zero-order valence-electron chi connectivity index (χ0n) is 15.7. The molecule has 2 aromatic heterocycles. The van der Waals surface area contributed by atoms with Crippen LogP contribution in [-0.4, -0.2) is 22.8 Å². The molecule has 5 heteroatoms. The predicted molar refractivity (Wildman–Crippen MR) is 110 cm³/mol. The quantitative estimate of drug-likeness (QED) is 0.443. The van der Waals surface area contributed by atoms with E-state index in [0.29, 0.717) is 5.69 Å². The van der Waals surface area contributed by atoms with Crippen LogP contribution >= 0.6 is 11.3 Å². The van der Waals surface area contributed by atoms with Crippen molar-refractivity contribution in [3.8, 4) is 28.3 Å². The van der Waals surface area contributed by atoms with Gasteiger partial charge < -0.3 is 4.74 Å². The minimum atomic E-state index is 0.585. The highest BCUT2D eigenvalue weighted by molar-refractivity contribution is 7.15. The number of nitrogens with zero attached hydrogens (tertiary/aromatic N) is 2. The van der Waals surface area contributed by atoms with E-state index >= 15 is 0 Å². The average Bonchev–Trinajstić information content (AvgIpc) is 3.20. The Kier molecular flexibility index (Phi) is 4.32. The van der Waals surface area contributed by atoms with Gasteiger partial charge in [-0.05, 0) is 55.7 Å². The van der Waals surface area contributed by atoms with Gasteiger partial charge in [-0.15, -0.1) is 11.3 Å². The second-order valence-electron chi connectivity index (χ2n) is 6.71. The van der Waals surface area contributed by atoms with Gasteiger partial charge in [-0.3, -0.25) is 9.20 Å². The molecule has 0 fully saturated rings. The van der Waals surface area contributed by atoms with E-state index in [1.165, 1.54) is 5.56 Å². The van der Waals surface area contributed by atoms with Crippen LogP contribution in [0.15, 0.2) is 41.8 Å². The van der Waals surface area contributed by atoms with E-state index in [0.717, 1.165) is 50.6 Å². The summed E-state index contributed by atoms with van der Waals surface area (Å²) < 4.78 is 7.31. The van der Waals surface area contributed by atoms with E-state index in [2.05, 4.69) is 32.0 Å². The monoisotopic (exact) mass is 376 g/mol. The number of rotatable bonds is 4. The van der Waals surface area contributed by atoms with Gasteiger partial charge in [-0.2, -0.15) is 0 Å². The fourth-order valence-corrected chi connectivity index (χ4v) is 4.41. The van der Waals surface area contributed by atoms with E-state index in [9.17, 15) is 4.79 Å². The van der Waals surface area contributed by atoms with Crippen molar-refractivity contribution in [3.05, 3.63) is 64.2 Å². The summed E-state index contributed by atoms with van der Waals surface area (Å²) in [5, 5.41) is 2.04. The number of fused-ring (bicyclic) bond motifs is 1. The number of ether oxygens (including phenoxy) is 1. The van der Waals surface area contributed by atoms with Crippen LogP contribution in [0, 0.1) is 20.8 Å². The smallest absolute Gasteiger partial charge is 0.195 e. The Morgan fingerprint density at radius 2 is 1.89 bits per heavy atom. The first-order valence-corrected chi connectivity index (χ1v) is 9.59. The number of thiazole rings is 1. The first-order chi connectivity index (χ1) is 13.0. The molecule has 0 aliphatic rings. The summed E-state index contributed by atoms with van der Waals surface area (Å²) in [6.07, 6.45) is 0.904. The Balaban J connectivity index is 1.94. The van der Waals surface area contributed by atoms with Crippen molar-refractivity contribution >= 4 is 22.6 Å². The standard InChI is InChI=1S/C22H20N2O2S/c1-13-5-7-17(14(2)9-13)21-18(11-25)24-19(12-27-22(24)23-21)16-6-8-20(26-4)15(3)10-16/h5-12H,1-4H3. The van der Waals surface area contributed by atoms with E-state index in [1.54, 1.807) is 18.4 Å². The van der Waals surface area contributed by atoms with Crippen molar-refractivity contribution < 1.29 is 9.53 Å². The maximum Gasteiger partial charge on any atom is 0.195 e. The molecule has 0 aliphatic carbocycles. The van der Waals surface area contributed by atoms with Crippen molar-refractivity contribution in [1.29, 1.82) is 0 Å². The van der Waals surface area contributed by atoms with Crippen molar-refractivity contribution in [1.82, 2.24) is 9.38 Å². The number of imidazole rings is 1. The Hall–Kier alpha value is -2.92. The lowest BCUT2D eigenvalue weighted by atomic mass is 10.0. The van der Waals surface area contributed by atoms with E-state index in [4.69, 9.17) is 9.72 Å². The summed E-state index contributed by atoms with van der Waals surface area (Å²) in [6, 6.07) is 12.3. The van der Waals surface area contributed by atoms with E-state index in [-0.39, 0.29) is 0 Å². The van der Waals surface area contributed by atoms with Gasteiger partial charge in [-0.1, -0.05) is 23.8 Å². The molecule has 0 bridgehead atoms. The zero-order chi connectivity index (χ0) is 19.1. The lowest BCUT2D eigenvalue weighted by Crippen LogP contribution is -1.96. The van der Waals surface area contributed by atoms with Crippen LogP contribution in [0.5, 0.6) is 5.75 Å². The minimum Gasteiger partial charge on any atom is -0.496 e. The molecule has 0 radical (unpaired) electrons. The lowest BCUT2D eigenvalue weighted by molar-refractivity contribution is 0.111. The number of aldehydes is 1. The molecule has 4 nitrogen and oxygen atoms in total. The maximum absolute atomic E-state index is 12.0. The molecule has 0 saturated heterocycles. The number of carbonyl (C=O) groups is 1. The minimum absolute atomic E-state index is 0.585. The van der Waals surface area contributed by atoms with Gasteiger partial charge in [0.15, 0.2) is 11.2 Å². The fourth-order valence-electron chi connectivity index (χ4n) is 3.51. The molecule has 0 atom stereocenters. The summed E-state index contributed by atoms with van der Waals surface area (Å²) in [7, 11) is 1.67. The highest BCUT2D eigenvalue weighted by Gasteiger charge is 2.20. The maximum atomic E-state index is 12.0. The number of aromatic nitrogens is 2. The summed E-state index contributed by atoms with van der Waals surface area (Å²) in [6.45, 7) is 6.13. The van der Waals surface area contributed by atoms with Crippen LogP contribution < -0.4 is 4.74 Å². The number of benzene rings is 2. The zero-order valence-corrected chi connectivity index (χ0v) is 16.6. The molecule has 136 valence electrons. The molecular weight excluding hydrogens is 356 g/mol. The predicted octanol–water partition coefficient (Wildman–Crippen LogP) is 5.48. The molecule has 4 aromatic rings. The van der Waals surface area contributed by atoms with Crippen LogP contribution in [-0.2, 0) is 0 Å². The second kappa shape index (κ2) is 6.67. The molecule has 2 aromatic carbocycles. The lowest BCUT2D eigenvalue weighted by Gasteiger charge is -2.08. The van der Waals surface area contributed by atoms with Gasteiger partial charge >= 0.3 is 0 Å². The third-order valence-electron chi connectivity index (χ3n) is 4.84. The number of hydrogen-bond acceptors (Lipinski definition) is 4. The van der Waals surface area contributed by atoms with Crippen LogP contribution in [0.3, 0.4) is 0 Å². The normalized spacial score (nSPS) is 11.1. The van der Waals surface area contributed by atoms with Crippen LogP contribution in [0.2, 0.25) is 0 Å². The third kappa shape index (κ3) is 2.84. The first-order valence-electron chi connectivity index (χ1n) is 8.71. The average molecular weight is 376 g/mol. The Bertz CT molecular complexity index is 1170. The summed E-state index contributed by atoms with van der Waals surface area (Å²) >= 11 is 1.54. The summed E-state index contributed by atoms with van der Waals surface area (Å²) in [5.74, 6) is 0.849. The Morgan fingerprint density at radius 1 is 1.07 bits per heavy atom. The van der Waals surface area contributed by atoms with Gasteiger partial charge in [-0.25, -0.2) is 4.98 Å². The van der Waals surface area contributed by atoms with Crippen molar-refractivity contribution in [2.45, 2.75) is 20.8 Å². The molecule has 27 heavy (non-hydrogen) atoms. The van der Waals surface area contributed by atoms with Gasteiger partial charge in [0, 0.05) is 10.9 Å². The van der Waals surface area contributed by atoms with E-state index in [1.807, 2.05) is 34.9 Å². The SMILES string of the molecule is COc1ccc(-c2csc3nc(-c4ccc(C)cc4C)c(C=O)n23)cc1C.